The molecular formula is C16H30N4O. The molecule has 5 heteroatoms. The van der Waals surface area contributed by atoms with Crippen LogP contribution in [0.2, 0.25) is 0 Å². The zero-order valence-corrected chi connectivity index (χ0v) is 14.1. The van der Waals surface area contributed by atoms with Crippen molar-refractivity contribution in [3.05, 3.63) is 6.33 Å². The van der Waals surface area contributed by atoms with Crippen LogP contribution in [0.3, 0.4) is 0 Å². The lowest BCUT2D eigenvalue weighted by molar-refractivity contribution is 0.409. The highest BCUT2D eigenvalue weighted by Crippen LogP contribution is 2.32. The van der Waals surface area contributed by atoms with Gasteiger partial charge in [0.1, 0.15) is 6.33 Å². The number of ether oxygens (including phenoxy) is 1. The van der Waals surface area contributed by atoms with Gasteiger partial charge in [-0.2, -0.15) is 0 Å². The third-order valence-electron chi connectivity index (χ3n) is 3.85. The van der Waals surface area contributed by atoms with Crippen LogP contribution in [0.5, 0.6) is 5.75 Å². The van der Waals surface area contributed by atoms with E-state index in [1.165, 1.54) is 12.8 Å². The molecule has 0 atom stereocenters. The van der Waals surface area contributed by atoms with E-state index in [0.29, 0.717) is 5.92 Å². The molecule has 21 heavy (non-hydrogen) atoms. The zero-order chi connectivity index (χ0) is 15.7. The first kappa shape index (κ1) is 17.5. The number of rotatable bonds is 10. The predicted octanol–water partition coefficient (Wildman–Crippen LogP) is 3.57. The van der Waals surface area contributed by atoms with Crippen LogP contribution in [-0.4, -0.2) is 36.7 Å². The first-order valence-electron chi connectivity index (χ1n) is 8.09. The number of nitrogens with zero attached hydrogens (tertiary/aromatic N) is 3. The van der Waals surface area contributed by atoms with E-state index in [2.05, 4.69) is 47.9 Å². The Kier molecular flexibility index (Phi) is 7.87. The second-order valence-corrected chi connectivity index (χ2v) is 5.23. The molecule has 0 radical (unpaired) electrons. The minimum atomic E-state index is 0.677. The van der Waals surface area contributed by atoms with Gasteiger partial charge in [0, 0.05) is 19.6 Å². The Morgan fingerprint density at radius 3 is 2.43 bits per heavy atom. The van der Waals surface area contributed by atoms with Crippen LogP contribution < -0.4 is 15.0 Å². The maximum Gasteiger partial charge on any atom is 0.204 e. The molecular weight excluding hydrogens is 264 g/mol. The van der Waals surface area contributed by atoms with Gasteiger partial charge in [-0.1, -0.05) is 33.6 Å². The van der Waals surface area contributed by atoms with Crippen molar-refractivity contribution in [3.8, 4) is 5.75 Å². The fraction of sp³-hybridized carbons (Fsp3) is 0.750. The van der Waals surface area contributed by atoms with Crippen LogP contribution in [0, 0.1) is 5.92 Å². The molecule has 1 heterocycles. The fourth-order valence-corrected chi connectivity index (χ4v) is 2.37. The average molecular weight is 294 g/mol. The lowest BCUT2D eigenvalue weighted by atomic mass is 10.0. The number of anilines is 2. The van der Waals surface area contributed by atoms with Gasteiger partial charge in [0.05, 0.1) is 7.11 Å². The molecule has 0 saturated carbocycles. The summed E-state index contributed by atoms with van der Waals surface area (Å²) in [5, 5.41) is 3.31. The van der Waals surface area contributed by atoms with E-state index in [1.54, 1.807) is 13.4 Å². The number of nitrogens with one attached hydrogen (secondary N) is 1. The highest BCUT2D eigenvalue weighted by molar-refractivity contribution is 5.64. The van der Waals surface area contributed by atoms with Gasteiger partial charge in [-0.05, 0) is 19.3 Å². The molecule has 0 aromatic carbocycles. The molecule has 0 amide bonds. The molecule has 1 aromatic heterocycles. The monoisotopic (exact) mass is 294 g/mol. The standard InChI is InChI=1S/C16H30N4O/c1-6-10-17-15-14(21-5)16(19-12-18-15)20(9-4)11-13(7-2)8-3/h12-13H,6-11H2,1-5H3,(H,17,18,19). The van der Waals surface area contributed by atoms with Crippen molar-refractivity contribution in [1.82, 2.24) is 9.97 Å². The van der Waals surface area contributed by atoms with E-state index in [4.69, 9.17) is 4.74 Å². The third kappa shape index (κ3) is 4.76. The highest BCUT2D eigenvalue weighted by atomic mass is 16.5. The summed E-state index contributed by atoms with van der Waals surface area (Å²) in [5.74, 6) is 3.10. The summed E-state index contributed by atoms with van der Waals surface area (Å²) >= 11 is 0. The van der Waals surface area contributed by atoms with Crippen molar-refractivity contribution < 1.29 is 4.74 Å². The van der Waals surface area contributed by atoms with Crippen LogP contribution >= 0.6 is 0 Å². The minimum Gasteiger partial charge on any atom is -0.490 e. The van der Waals surface area contributed by atoms with E-state index < -0.39 is 0 Å². The van der Waals surface area contributed by atoms with Crippen LogP contribution in [0.4, 0.5) is 11.6 Å². The van der Waals surface area contributed by atoms with Crippen molar-refractivity contribution in [2.75, 3.05) is 37.0 Å². The smallest absolute Gasteiger partial charge is 0.204 e. The Balaban J connectivity index is 3.02. The van der Waals surface area contributed by atoms with Crippen LogP contribution in [0.1, 0.15) is 47.0 Å². The summed E-state index contributed by atoms with van der Waals surface area (Å²) < 4.78 is 5.58. The number of hydrogen-bond donors (Lipinski definition) is 1. The molecule has 1 N–H and O–H groups in total. The molecule has 0 saturated heterocycles. The van der Waals surface area contributed by atoms with Gasteiger partial charge in [0.2, 0.25) is 5.75 Å². The van der Waals surface area contributed by atoms with E-state index in [1.807, 2.05) is 0 Å². The first-order chi connectivity index (χ1) is 10.2. The molecule has 5 nitrogen and oxygen atoms in total. The molecule has 0 fully saturated rings. The predicted molar refractivity (Wildman–Crippen MR) is 89.3 cm³/mol. The molecule has 1 aromatic rings. The van der Waals surface area contributed by atoms with Gasteiger partial charge in [-0.25, -0.2) is 9.97 Å². The molecule has 0 spiro atoms. The first-order valence-corrected chi connectivity index (χ1v) is 8.09. The zero-order valence-electron chi connectivity index (χ0n) is 14.1. The molecule has 0 bridgehead atoms. The summed E-state index contributed by atoms with van der Waals surface area (Å²) in [5.41, 5.74) is 0. The lowest BCUT2D eigenvalue weighted by Gasteiger charge is -2.28. The maximum atomic E-state index is 5.58. The molecule has 0 aliphatic rings. The Labute approximate surface area is 129 Å². The van der Waals surface area contributed by atoms with E-state index in [0.717, 1.165) is 43.4 Å². The lowest BCUT2D eigenvalue weighted by Crippen LogP contribution is -2.30. The number of methoxy groups -OCH3 is 1. The van der Waals surface area contributed by atoms with Gasteiger partial charge in [0.25, 0.3) is 0 Å². The van der Waals surface area contributed by atoms with Gasteiger partial charge in [-0.3, -0.25) is 0 Å². The summed E-state index contributed by atoms with van der Waals surface area (Å²) in [6.45, 7) is 11.6. The second kappa shape index (κ2) is 9.42. The topological polar surface area (TPSA) is 50.3 Å². The molecule has 0 aliphatic carbocycles. The molecule has 0 unspecified atom stereocenters. The van der Waals surface area contributed by atoms with E-state index in [-0.39, 0.29) is 0 Å². The second-order valence-electron chi connectivity index (χ2n) is 5.23. The average Bonchev–Trinajstić information content (AvgIpc) is 2.53. The van der Waals surface area contributed by atoms with Gasteiger partial charge < -0.3 is 15.0 Å². The van der Waals surface area contributed by atoms with Crippen LogP contribution in [0.15, 0.2) is 6.33 Å². The Bertz CT molecular complexity index is 407. The summed E-state index contributed by atoms with van der Waals surface area (Å²) in [6, 6.07) is 0. The van der Waals surface area contributed by atoms with Crippen molar-refractivity contribution in [3.63, 3.8) is 0 Å². The Hall–Kier alpha value is -1.52. The van der Waals surface area contributed by atoms with Gasteiger partial charge in [-0.15, -0.1) is 0 Å². The quantitative estimate of drug-likeness (QED) is 0.715. The van der Waals surface area contributed by atoms with E-state index >= 15 is 0 Å². The Morgan fingerprint density at radius 2 is 1.90 bits per heavy atom. The number of aromatic nitrogens is 2. The Morgan fingerprint density at radius 1 is 1.19 bits per heavy atom. The molecule has 0 aliphatic heterocycles. The maximum absolute atomic E-state index is 5.58. The van der Waals surface area contributed by atoms with Crippen molar-refractivity contribution >= 4 is 11.6 Å². The molecule has 120 valence electrons. The third-order valence-corrected chi connectivity index (χ3v) is 3.85. The van der Waals surface area contributed by atoms with E-state index in [9.17, 15) is 0 Å². The normalized spacial score (nSPS) is 10.8. The fourth-order valence-electron chi connectivity index (χ4n) is 2.37. The summed E-state index contributed by atoms with van der Waals surface area (Å²) in [6.07, 6.45) is 5.03. The minimum absolute atomic E-state index is 0.677. The van der Waals surface area contributed by atoms with Gasteiger partial charge >= 0.3 is 0 Å². The van der Waals surface area contributed by atoms with Crippen LogP contribution in [-0.2, 0) is 0 Å². The summed E-state index contributed by atoms with van der Waals surface area (Å²) in [4.78, 5) is 11.1. The highest BCUT2D eigenvalue weighted by Gasteiger charge is 2.19. The van der Waals surface area contributed by atoms with Crippen molar-refractivity contribution in [1.29, 1.82) is 0 Å². The van der Waals surface area contributed by atoms with Crippen LogP contribution in [0.25, 0.3) is 0 Å². The number of hydrogen-bond acceptors (Lipinski definition) is 5. The molecule has 1 rings (SSSR count). The SMILES string of the molecule is CCCNc1ncnc(N(CC)CC(CC)CC)c1OC. The van der Waals surface area contributed by atoms with Crippen molar-refractivity contribution in [2.45, 2.75) is 47.0 Å². The summed E-state index contributed by atoms with van der Waals surface area (Å²) in [7, 11) is 1.68. The van der Waals surface area contributed by atoms with Crippen molar-refractivity contribution in [2.24, 2.45) is 5.92 Å². The largest absolute Gasteiger partial charge is 0.490 e. The van der Waals surface area contributed by atoms with Gasteiger partial charge in [0.15, 0.2) is 11.6 Å².